The van der Waals surface area contributed by atoms with Gasteiger partial charge in [-0.25, -0.2) is 0 Å². The summed E-state index contributed by atoms with van der Waals surface area (Å²) in [5.41, 5.74) is 7.72. The summed E-state index contributed by atoms with van der Waals surface area (Å²) in [5, 5.41) is 0. The normalized spacial score (nSPS) is 19.4. The van der Waals surface area contributed by atoms with E-state index in [2.05, 4.69) is 31.2 Å². The lowest BCUT2D eigenvalue weighted by Gasteiger charge is -2.22. The second-order valence-corrected chi connectivity index (χ2v) is 6.64. The smallest absolute Gasteiger partial charge is 0.0162 e. The van der Waals surface area contributed by atoms with Crippen LogP contribution in [0.2, 0.25) is 0 Å². The van der Waals surface area contributed by atoms with Gasteiger partial charge in [0, 0.05) is 16.7 Å². The van der Waals surface area contributed by atoms with Gasteiger partial charge < -0.3 is 5.73 Å². The van der Waals surface area contributed by atoms with E-state index in [0.717, 1.165) is 11.7 Å². The number of benzene rings is 1. The van der Waals surface area contributed by atoms with Crippen LogP contribution in [-0.2, 0) is 0 Å². The van der Waals surface area contributed by atoms with Crippen molar-refractivity contribution in [1.29, 1.82) is 0 Å². The molecule has 1 fully saturated rings. The van der Waals surface area contributed by atoms with Crippen LogP contribution in [0.25, 0.3) is 0 Å². The molecule has 100 valence electrons. The molecule has 0 heterocycles. The molecule has 0 aromatic heterocycles. The van der Waals surface area contributed by atoms with Crippen molar-refractivity contribution >= 4 is 11.8 Å². The molecule has 1 unspecified atom stereocenters. The van der Waals surface area contributed by atoms with Crippen LogP contribution >= 0.6 is 11.8 Å². The van der Waals surface area contributed by atoms with Gasteiger partial charge in [0.05, 0.1) is 0 Å². The molecule has 1 aliphatic rings. The summed E-state index contributed by atoms with van der Waals surface area (Å²) < 4.78 is 0. The Bertz CT molecular complexity index is 356. The van der Waals surface area contributed by atoms with Crippen LogP contribution in [0.4, 0.5) is 0 Å². The first-order chi connectivity index (χ1) is 8.75. The zero-order valence-corrected chi connectivity index (χ0v) is 12.2. The first-order valence-electron chi connectivity index (χ1n) is 7.21. The number of nitrogens with two attached hydrogens (primary N) is 1. The number of rotatable bonds is 4. The minimum Gasteiger partial charge on any atom is -0.327 e. The van der Waals surface area contributed by atoms with Gasteiger partial charge in [-0.1, -0.05) is 43.4 Å². The minimum atomic E-state index is 0.369. The Hall–Kier alpha value is -0.470. The van der Waals surface area contributed by atoms with Gasteiger partial charge in [-0.2, -0.15) is 0 Å². The Kier molecular flexibility index (Phi) is 5.58. The van der Waals surface area contributed by atoms with Gasteiger partial charge in [0.1, 0.15) is 0 Å². The van der Waals surface area contributed by atoms with Gasteiger partial charge in [0.2, 0.25) is 0 Å². The predicted molar refractivity (Wildman–Crippen MR) is 81.1 cm³/mol. The predicted octanol–water partition coefficient (Wildman–Crippen LogP) is 4.38. The van der Waals surface area contributed by atoms with Gasteiger partial charge in [-0.05, 0) is 37.8 Å². The molecule has 0 saturated heterocycles. The average Bonchev–Trinajstić information content (AvgIpc) is 2.65. The van der Waals surface area contributed by atoms with E-state index in [-0.39, 0.29) is 0 Å². The maximum Gasteiger partial charge on any atom is 0.0162 e. The molecular weight excluding hydrogens is 238 g/mol. The minimum absolute atomic E-state index is 0.369. The number of thioether (sulfide) groups is 1. The SMILES string of the molecule is Cc1cccc(SCC(N)C2CCCCCC2)c1. The highest BCUT2D eigenvalue weighted by Gasteiger charge is 2.19. The summed E-state index contributed by atoms with van der Waals surface area (Å²) in [6.45, 7) is 2.15. The fourth-order valence-electron chi connectivity index (χ4n) is 2.77. The lowest BCUT2D eigenvalue weighted by molar-refractivity contribution is 0.397. The van der Waals surface area contributed by atoms with E-state index in [1.807, 2.05) is 11.8 Å². The van der Waals surface area contributed by atoms with Crippen molar-refractivity contribution in [2.45, 2.75) is 56.4 Å². The van der Waals surface area contributed by atoms with Crippen LogP contribution in [0, 0.1) is 12.8 Å². The van der Waals surface area contributed by atoms with Crippen molar-refractivity contribution in [3.8, 4) is 0 Å². The molecule has 0 amide bonds. The van der Waals surface area contributed by atoms with Gasteiger partial charge in [0.25, 0.3) is 0 Å². The van der Waals surface area contributed by atoms with Crippen molar-refractivity contribution in [2.24, 2.45) is 11.7 Å². The highest BCUT2D eigenvalue weighted by Crippen LogP contribution is 2.28. The van der Waals surface area contributed by atoms with Crippen molar-refractivity contribution < 1.29 is 0 Å². The van der Waals surface area contributed by atoms with Gasteiger partial charge in [0.15, 0.2) is 0 Å². The van der Waals surface area contributed by atoms with E-state index in [1.54, 1.807) is 0 Å². The van der Waals surface area contributed by atoms with Crippen molar-refractivity contribution in [3.63, 3.8) is 0 Å². The van der Waals surface area contributed by atoms with E-state index in [9.17, 15) is 0 Å². The standard InChI is InChI=1S/C16H25NS/c1-13-7-6-10-15(11-13)18-12-16(17)14-8-4-2-3-5-9-14/h6-7,10-11,14,16H,2-5,8-9,12,17H2,1H3. The van der Waals surface area contributed by atoms with Crippen molar-refractivity contribution in [3.05, 3.63) is 29.8 Å². The third kappa shape index (κ3) is 4.33. The summed E-state index contributed by atoms with van der Waals surface area (Å²) >= 11 is 1.92. The Balaban J connectivity index is 1.81. The van der Waals surface area contributed by atoms with Crippen LogP contribution < -0.4 is 5.73 Å². The van der Waals surface area contributed by atoms with E-state index >= 15 is 0 Å². The molecule has 2 rings (SSSR count). The molecule has 0 radical (unpaired) electrons. The second kappa shape index (κ2) is 7.20. The van der Waals surface area contributed by atoms with Crippen LogP contribution in [-0.4, -0.2) is 11.8 Å². The van der Waals surface area contributed by atoms with Crippen molar-refractivity contribution in [2.75, 3.05) is 5.75 Å². The molecular formula is C16H25NS. The highest BCUT2D eigenvalue weighted by molar-refractivity contribution is 7.99. The molecule has 1 aliphatic carbocycles. The molecule has 1 nitrogen and oxygen atoms in total. The van der Waals surface area contributed by atoms with Crippen LogP contribution in [0.5, 0.6) is 0 Å². The van der Waals surface area contributed by atoms with E-state index in [1.165, 1.54) is 49.0 Å². The van der Waals surface area contributed by atoms with E-state index in [4.69, 9.17) is 5.73 Å². The fourth-order valence-corrected chi connectivity index (χ4v) is 3.87. The number of hydrogen-bond donors (Lipinski definition) is 1. The quantitative estimate of drug-likeness (QED) is 0.644. The second-order valence-electron chi connectivity index (χ2n) is 5.54. The largest absolute Gasteiger partial charge is 0.327 e. The Morgan fingerprint density at radius 3 is 2.61 bits per heavy atom. The monoisotopic (exact) mass is 263 g/mol. The number of hydrogen-bond acceptors (Lipinski definition) is 2. The third-order valence-corrected chi connectivity index (χ3v) is 5.08. The fraction of sp³-hybridized carbons (Fsp3) is 0.625. The molecule has 18 heavy (non-hydrogen) atoms. The molecule has 1 saturated carbocycles. The van der Waals surface area contributed by atoms with Crippen molar-refractivity contribution in [1.82, 2.24) is 0 Å². The first kappa shape index (κ1) is 14.0. The third-order valence-electron chi connectivity index (χ3n) is 3.94. The zero-order valence-electron chi connectivity index (χ0n) is 11.4. The summed E-state index contributed by atoms with van der Waals surface area (Å²) in [4.78, 5) is 1.36. The molecule has 0 bridgehead atoms. The summed E-state index contributed by atoms with van der Waals surface area (Å²) in [6, 6.07) is 9.10. The van der Waals surface area contributed by atoms with Gasteiger partial charge >= 0.3 is 0 Å². The lowest BCUT2D eigenvalue weighted by Crippen LogP contribution is -2.32. The Labute approximate surface area is 116 Å². The molecule has 2 N–H and O–H groups in total. The molecule has 1 aromatic carbocycles. The van der Waals surface area contributed by atoms with Crippen LogP contribution in [0.15, 0.2) is 29.2 Å². The van der Waals surface area contributed by atoms with E-state index in [0.29, 0.717) is 6.04 Å². The maximum absolute atomic E-state index is 6.38. The van der Waals surface area contributed by atoms with Gasteiger partial charge in [-0.3, -0.25) is 0 Å². The number of aryl methyl sites for hydroxylation is 1. The summed E-state index contributed by atoms with van der Waals surface area (Å²) in [5.74, 6) is 1.82. The molecule has 1 atom stereocenters. The maximum atomic E-state index is 6.38. The molecule has 2 heteroatoms. The average molecular weight is 263 g/mol. The Morgan fingerprint density at radius 1 is 1.22 bits per heavy atom. The van der Waals surface area contributed by atoms with E-state index < -0.39 is 0 Å². The highest BCUT2D eigenvalue weighted by atomic mass is 32.2. The first-order valence-corrected chi connectivity index (χ1v) is 8.19. The molecule has 0 aliphatic heterocycles. The Morgan fingerprint density at radius 2 is 1.94 bits per heavy atom. The zero-order chi connectivity index (χ0) is 12.8. The van der Waals surface area contributed by atoms with Gasteiger partial charge in [-0.15, -0.1) is 11.8 Å². The summed E-state index contributed by atoms with van der Waals surface area (Å²) in [7, 11) is 0. The lowest BCUT2D eigenvalue weighted by atomic mass is 9.94. The molecule has 0 spiro atoms. The van der Waals surface area contributed by atoms with Crippen LogP contribution in [0.3, 0.4) is 0 Å². The van der Waals surface area contributed by atoms with Crippen LogP contribution in [0.1, 0.15) is 44.1 Å². The summed E-state index contributed by atoms with van der Waals surface area (Å²) in [6.07, 6.45) is 8.27. The molecule has 1 aromatic rings. The topological polar surface area (TPSA) is 26.0 Å².